The number of anilines is 1. The minimum atomic E-state index is -1.04. The normalized spacial score (nSPS) is 19.4. The lowest BCUT2D eigenvalue weighted by Crippen LogP contribution is -2.50. The van der Waals surface area contributed by atoms with Crippen LogP contribution in [0.15, 0.2) is 36.4 Å². The summed E-state index contributed by atoms with van der Waals surface area (Å²) in [7, 11) is 0. The molecule has 0 spiro atoms. The summed E-state index contributed by atoms with van der Waals surface area (Å²) >= 11 is 0. The molecule has 2 aromatic heterocycles. The van der Waals surface area contributed by atoms with E-state index in [1.54, 1.807) is 6.07 Å². The molecule has 0 radical (unpaired) electrons. The van der Waals surface area contributed by atoms with Gasteiger partial charge in [-0.2, -0.15) is 5.10 Å². The molecule has 1 saturated heterocycles. The zero-order valence-electron chi connectivity index (χ0n) is 21.8. The van der Waals surface area contributed by atoms with Crippen molar-refractivity contribution in [3.05, 3.63) is 47.8 Å². The maximum atomic E-state index is 12.7. The quantitative estimate of drug-likeness (QED) is 0.490. The molecule has 0 atom stereocenters. The number of benzene rings is 1. The number of nitrogens with one attached hydrogen (secondary N) is 1. The van der Waals surface area contributed by atoms with Crippen molar-refractivity contribution in [2.24, 2.45) is 0 Å². The summed E-state index contributed by atoms with van der Waals surface area (Å²) < 4.78 is 1.81. The van der Waals surface area contributed by atoms with Gasteiger partial charge in [0.05, 0.1) is 29.0 Å². The summed E-state index contributed by atoms with van der Waals surface area (Å²) in [6.45, 7) is 3.34. The average molecular weight is 517 g/mol. The highest BCUT2D eigenvalue weighted by Gasteiger charge is 2.31. The smallest absolute Gasteiger partial charge is 0.354 e. The van der Waals surface area contributed by atoms with Gasteiger partial charge in [0.2, 0.25) is 5.91 Å². The number of pyridine rings is 1. The number of fused-ring (bicyclic) bond motifs is 1. The molecule has 38 heavy (non-hydrogen) atoms. The van der Waals surface area contributed by atoms with Crippen molar-refractivity contribution in [1.82, 2.24) is 25.0 Å². The Kier molecular flexibility index (Phi) is 7.02. The van der Waals surface area contributed by atoms with E-state index in [1.807, 2.05) is 35.0 Å². The number of carboxylic acid groups (broad SMARTS) is 1. The van der Waals surface area contributed by atoms with E-state index < -0.39 is 5.97 Å². The highest BCUT2D eigenvalue weighted by molar-refractivity contribution is 5.98. The molecule has 200 valence electrons. The molecule has 3 aromatic rings. The highest BCUT2D eigenvalue weighted by atomic mass is 16.4. The van der Waals surface area contributed by atoms with Crippen LogP contribution < -0.4 is 10.2 Å². The molecule has 3 aliphatic rings. The van der Waals surface area contributed by atoms with Gasteiger partial charge in [0.1, 0.15) is 0 Å². The molecular weight excluding hydrogens is 480 g/mol. The van der Waals surface area contributed by atoms with Crippen LogP contribution in [-0.4, -0.2) is 75.4 Å². The van der Waals surface area contributed by atoms with E-state index in [0.717, 1.165) is 74.3 Å². The van der Waals surface area contributed by atoms with Crippen molar-refractivity contribution in [1.29, 1.82) is 0 Å². The lowest BCUT2D eigenvalue weighted by Gasteiger charge is -2.36. The van der Waals surface area contributed by atoms with E-state index in [-0.39, 0.29) is 11.6 Å². The Morgan fingerprint density at radius 2 is 1.68 bits per heavy atom. The topological polar surface area (TPSA) is 104 Å². The number of amides is 1. The number of para-hydroxylation sites is 1. The summed E-state index contributed by atoms with van der Waals surface area (Å²) in [6, 6.07) is 11.9. The highest BCUT2D eigenvalue weighted by Crippen LogP contribution is 2.42. The van der Waals surface area contributed by atoms with Crippen molar-refractivity contribution in [2.45, 2.75) is 63.3 Å². The van der Waals surface area contributed by atoms with E-state index in [9.17, 15) is 14.7 Å². The van der Waals surface area contributed by atoms with Crippen LogP contribution in [0.4, 0.5) is 5.69 Å². The summed E-state index contributed by atoms with van der Waals surface area (Å²) in [6.07, 6.45) is 9.20. The van der Waals surface area contributed by atoms with Crippen molar-refractivity contribution < 1.29 is 14.7 Å². The molecule has 1 aliphatic heterocycles. The summed E-state index contributed by atoms with van der Waals surface area (Å²) in [5, 5.41) is 19.1. The molecule has 6 rings (SSSR count). The molecule has 2 aliphatic carbocycles. The van der Waals surface area contributed by atoms with Crippen molar-refractivity contribution >= 4 is 28.6 Å². The van der Waals surface area contributed by atoms with Gasteiger partial charge in [0.25, 0.3) is 0 Å². The van der Waals surface area contributed by atoms with Crippen molar-refractivity contribution in [3.8, 4) is 5.69 Å². The standard InChI is InChI=1S/C29H36N6O3/c36-25(30-21-10-3-1-4-11-21)19-33-14-16-34(17-15-33)24-18-23(29(37)38)31-28-26(24)27(20-8-7-9-20)32-35(28)22-12-5-2-6-13-22/h2,5-6,12-13,18,20-21H,1,3-4,7-11,14-17,19H2,(H,30,36)(H,37,38). The molecule has 2 saturated carbocycles. The van der Waals surface area contributed by atoms with Gasteiger partial charge in [-0.05, 0) is 43.9 Å². The average Bonchev–Trinajstić information content (AvgIpc) is 3.28. The fraction of sp³-hybridized carbons (Fsp3) is 0.517. The third-order valence-electron chi connectivity index (χ3n) is 8.41. The Labute approximate surface area is 222 Å². The van der Waals surface area contributed by atoms with Crippen LogP contribution in [-0.2, 0) is 4.79 Å². The molecule has 0 unspecified atom stereocenters. The van der Waals surface area contributed by atoms with E-state index in [0.29, 0.717) is 24.2 Å². The Bertz CT molecular complexity index is 1300. The van der Waals surface area contributed by atoms with Crippen LogP contribution in [0.2, 0.25) is 0 Å². The summed E-state index contributed by atoms with van der Waals surface area (Å²) in [4.78, 5) is 33.8. The zero-order chi connectivity index (χ0) is 26.1. The minimum Gasteiger partial charge on any atom is -0.477 e. The van der Waals surface area contributed by atoms with Gasteiger partial charge >= 0.3 is 5.97 Å². The van der Waals surface area contributed by atoms with E-state index in [4.69, 9.17) is 5.10 Å². The number of rotatable bonds is 7. The van der Waals surface area contributed by atoms with Gasteiger partial charge in [0, 0.05) is 38.1 Å². The Morgan fingerprint density at radius 1 is 0.947 bits per heavy atom. The molecular formula is C29H36N6O3. The second-order valence-electron chi connectivity index (χ2n) is 11.0. The molecule has 3 fully saturated rings. The van der Waals surface area contributed by atoms with Gasteiger partial charge in [-0.3, -0.25) is 9.69 Å². The Balaban J connectivity index is 1.27. The van der Waals surface area contributed by atoms with E-state index in [2.05, 4.69) is 20.1 Å². The second-order valence-corrected chi connectivity index (χ2v) is 11.0. The third kappa shape index (κ3) is 4.99. The van der Waals surface area contributed by atoms with Gasteiger partial charge in [0.15, 0.2) is 11.3 Å². The van der Waals surface area contributed by atoms with Gasteiger partial charge < -0.3 is 15.3 Å². The molecule has 3 heterocycles. The molecule has 2 N–H and O–H groups in total. The fourth-order valence-electron chi connectivity index (χ4n) is 6.07. The van der Waals surface area contributed by atoms with Crippen molar-refractivity contribution in [3.63, 3.8) is 0 Å². The first kappa shape index (κ1) is 24.9. The lowest BCUT2D eigenvalue weighted by atomic mass is 9.82. The van der Waals surface area contributed by atoms with Crippen LogP contribution in [0.5, 0.6) is 0 Å². The van der Waals surface area contributed by atoms with Crippen LogP contribution in [0.25, 0.3) is 16.7 Å². The Morgan fingerprint density at radius 3 is 2.34 bits per heavy atom. The van der Waals surface area contributed by atoms with Crippen molar-refractivity contribution in [2.75, 3.05) is 37.6 Å². The molecule has 9 heteroatoms. The first-order chi connectivity index (χ1) is 18.6. The fourth-order valence-corrected chi connectivity index (χ4v) is 6.07. The van der Waals surface area contributed by atoms with Gasteiger partial charge in [-0.15, -0.1) is 0 Å². The van der Waals surface area contributed by atoms with Gasteiger partial charge in [-0.1, -0.05) is 43.9 Å². The van der Waals surface area contributed by atoms with Crippen LogP contribution in [0, 0.1) is 0 Å². The number of hydrogen-bond acceptors (Lipinski definition) is 6. The molecule has 9 nitrogen and oxygen atoms in total. The number of piperazine rings is 1. The minimum absolute atomic E-state index is 0.0269. The molecule has 0 bridgehead atoms. The van der Waals surface area contributed by atoms with Gasteiger partial charge in [-0.25, -0.2) is 14.5 Å². The Hall–Kier alpha value is -3.46. The molecule has 1 amide bonds. The number of aromatic carboxylic acids is 1. The zero-order valence-corrected chi connectivity index (χ0v) is 21.8. The number of carboxylic acids is 1. The number of carbonyl (C=O) groups is 2. The second kappa shape index (κ2) is 10.7. The predicted octanol–water partition coefficient (Wildman–Crippen LogP) is 3.96. The number of carbonyl (C=O) groups excluding carboxylic acids is 1. The summed E-state index contributed by atoms with van der Waals surface area (Å²) in [5.74, 6) is -0.568. The maximum absolute atomic E-state index is 12.7. The predicted molar refractivity (Wildman–Crippen MR) is 146 cm³/mol. The monoisotopic (exact) mass is 516 g/mol. The number of aromatic nitrogens is 3. The van der Waals surface area contributed by atoms with E-state index >= 15 is 0 Å². The number of hydrogen-bond donors (Lipinski definition) is 2. The van der Waals surface area contributed by atoms with Crippen LogP contribution in [0.1, 0.15) is 73.5 Å². The third-order valence-corrected chi connectivity index (χ3v) is 8.41. The molecule has 1 aromatic carbocycles. The van der Waals surface area contributed by atoms with Crippen LogP contribution >= 0.6 is 0 Å². The number of nitrogens with zero attached hydrogens (tertiary/aromatic N) is 5. The lowest BCUT2D eigenvalue weighted by molar-refractivity contribution is -0.123. The first-order valence-electron chi connectivity index (χ1n) is 14.1. The van der Waals surface area contributed by atoms with E-state index in [1.165, 1.54) is 25.7 Å². The maximum Gasteiger partial charge on any atom is 0.354 e. The largest absolute Gasteiger partial charge is 0.477 e. The van der Waals surface area contributed by atoms with Crippen LogP contribution in [0.3, 0.4) is 0 Å². The SMILES string of the molecule is O=C(CN1CCN(c2cc(C(=O)O)nc3c2c(C2CCC2)nn3-c2ccccc2)CC1)NC1CCCCC1. The first-order valence-corrected chi connectivity index (χ1v) is 14.1. The summed E-state index contributed by atoms with van der Waals surface area (Å²) in [5.41, 5.74) is 3.41.